The number of nitrogens with one attached hydrogen (secondary N) is 2. The van der Waals surface area contributed by atoms with E-state index in [-0.39, 0.29) is 16.8 Å². The lowest BCUT2D eigenvalue weighted by Gasteiger charge is -2.12. The molecule has 0 unspecified atom stereocenters. The summed E-state index contributed by atoms with van der Waals surface area (Å²) in [5.74, 6) is -0.551. The zero-order valence-corrected chi connectivity index (χ0v) is 12.4. The van der Waals surface area contributed by atoms with Crippen molar-refractivity contribution in [3.05, 3.63) is 58.4 Å². The first kappa shape index (κ1) is 15.0. The van der Waals surface area contributed by atoms with Gasteiger partial charge in [0.2, 0.25) is 0 Å². The molecule has 0 aliphatic heterocycles. The van der Waals surface area contributed by atoms with Gasteiger partial charge >= 0.3 is 0 Å². The Morgan fingerprint density at radius 2 is 1.90 bits per heavy atom. The molecule has 2 N–H and O–H groups in total. The molecule has 0 saturated heterocycles. The number of hydrogen-bond donors (Lipinski definition) is 2. The molecular weight excluding hydrogens is 290 g/mol. The van der Waals surface area contributed by atoms with Crippen LogP contribution < -0.4 is 10.6 Å². The molecule has 0 saturated carbocycles. The summed E-state index contributed by atoms with van der Waals surface area (Å²) in [4.78, 5) is 27.8. The molecule has 1 heterocycles. The molecule has 0 bridgehead atoms. The number of rotatable bonds is 3. The van der Waals surface area contributed by atoms with Crippen LogP contribution in [0.1, 0.15) is 26.3 Å². The first-order valence-corrected chi connectivity index (χ1v) is 6.65. The smallest absolute Gasteiger partial charge is 0.257 e. The molecule has 0 radical (unpaired) electrons. The molecule has 0 spiro atoms. The zero-order valence-electron chi connectivity index (χ0n) is 11.6. The number of hydrogen-bond acceptors (Lipinski definition) is 3. The third-order valence-corrected chi connectivity index (χ3v) is 3.37. The first-order chi connectivity index (χ1) is 10.0. The van der Waals surface area contributed by atoms with Gasteiger partial charge < -0.3 is 10.6 Å². The van der Waals surface area contributed by atoms with Crippen LogP contribution in [0.15, 0.2) is 36.7 Å². The minimum atomic E-state index is -0.348. The molecule has 5 nitrogen and oxygen atoms in total. The first-order valence-electron chi connectivity index (χ1n) is 6.27. The van der Waals surface area contributed by atoms with Gasteiger partial charge in [-0.3, -0.25) is 14.6 Å². The summed E-state index contributed by atoms with van der Waals surface area (Å²) >= 11 is 5.94. The van der Waals surface area contributed by atoms with Gasteiger partial charge in [0.05, 0.1) is 10.6 Å². The van der Waals surface area contributed by atoms with Crippen LogP contribution >= 0.6 is 11.6 Å². The maximum Gasteiger partial charge on any atom is 0.257 e. The van der Waals surface area contributed by atoms with Crippen LogP contribution in [0.5, 0.6) is 0 Å². The highest BCUT2D eigenvalue weighted by Crippen LogP contribution is 2.21. The SMILES string of the molecule is CNC(=O)c1cccc(NC(=O)c2ccncc2Cl)c1C. The second-order valence-corrected chi connectivity index (χ2v) is 4.77. The van der Waals surface area contributed by atoms with Crippen molar-refractivity contribution < 1.29 is 9.59 Å². The van der Waals surface area contributed by atoms with Gasteiger partial charge in [-0.1, -0.05) is 17.7 Å². The number of halogens is 1. The Bertz CT molecular complexity index is 701. The number of aromatic nitrogens is 1. The lowest BCUT2D eigenvalue weighted by atomic mass is 10.1. The van der Waals surface area contributed by atoms with Crippen LogP contribution in [0.4, 0.5) is 5.69 Å². The minimum Gasteiger partial charge on any atom is -0.355 e. The number of nitrogens with zero attached hydrogens (tertiary/aromatic N) is 1. The predicted octanol–water partition coefficient (Wildman–Crippen LogP) is 2.66. The topological polar surface area (TPSA) is 71.1 Å². The van der Waals surface area contributed by atoms with E-state index >= 15 is 0 Å². The van der Waals surface area contributed by atoms with E-state index in [1.807, 2.05) is 0 Å². The molecule has 0 atom stereocenters. The Balaban J connectivity index is 2.30. The minimum absolute atomic E-state index is 0.203. The Morgan fingerprint density at radius 1 is 1.14 bits per heavy atom. The average molecular weight is 304 g/mol. The van der Waals surface area contributed by atoms with Crippen molar-refractivity contribution >= 4 is 29.1 Å². The van der Waals surface area contributed by atoms with Crippen molar-refractivity contribution in [2.45, 2.75) is 6.92 Å². The maximum atomic E-state index is 12.2. The van der Waals surface area contributed by atoms with Crippen LogP contribution in [0.25, 0.3) is 0 Å². The van der Waals surface area contributed by atoms with Crippen molar-refractivity contribution in [2.75, 3.05) is 12.4 Å². The largest absolute Gasteiger partial charge is 0.355 e. The number of benzene rings is 1. The lowest BCUT2D eigenvalue weighted by Crippen LogP contribution is -2.20. The predicted molar refractivity (Wildman–Crippen MR) is 81.8 cm³/mol. The fourth-order valence-electron chi connectivity index (χ4n) is 1.90. The van der Waals surface area contributed by atoms with Gasteiger partial charge in [0.25, 0.3) is 11.8 Å². The van der Waals surface area contributed by atoms with E-state index in [1.54, 1.807) is 32.2 Å². The molecule has 1 aromatic heterocycles. The molecular formula is C15H14ClN3O2. The van der Waals surface area contributed by atoms with Crippen molar-refractivity contribution in [1.29, 1.82) is 0 Å². The summed E-state index contributed by atoms with van der Waals surface area (Å²) in [5.41, 5.74) is 2.09. The second-order valence-electron chi connectivity index (χ2n) is 4.37. The van der Waals surface area contributed by atoms with E-state index in [2.05, 4.69) is 15.6 Å². The van der Waals surface area contributed by atoms with E-state index < -0.39 is 0 Å². The van der Waals surface area contributed by atoms with Gasteiger partial charge in [-0.25, -0.2) is 0 Å². The molecule has 2 aromatic rings. The Morgan fingerprint density at radius 3 is 2.57 bits per heavy atom. The summed E-state index contributed by atoms with van der Waals surface area (Å²) in [6.07, 6.45) is 2.90. The fraction of sp³-hybridized carbons (Fsp3) is 0.133. The van der Waals surface area contributed by atoms with E-state index in [0.29, 0.717) is 22.4 Å². The van der Waals surface area contributed by atoms with Crippen LogP contribution in [0.3, 0.4) is 0 Å². The molecule has 0 aliphatic rings. The van der Waals surface area contributed by atoms with Crippen molar-refractivity contribution in [2.24, 2.45) is 0 Å². The third kappa shape index (κ3) is 3.20. The highest BCUT2D eigenvalue weighted by Gasteiger charge is 2.14. The number of pyridine rings is 1. The number of anilines is 1. The molecule has 6 heteroatoms. The third-order valence-electron chi connectivity index (χ3n) is 3.07. The molecule has 0 fully saturated rings. The van der Waals surface area contributed by atoms with Gasteiger partial charge in [-0.05, 0) is 30.7 Å². The van der Waals surface area contributed by atoms with E-state index in [0.717, 1.165) is 0 Å². The molecule has 2 amide bonds. The lowest BCUT2D eigenvalue weighted by molar-refractivity contribution is 0.0960. The molecule has 21 heavy (non-hydrogen) atoms. The Hall–Kier alpha value is -2.40. The van der Waals surface area contributed by atoms with Crippen molar-refractivity contribution in [3.63, 3.8) is 0 Å². The average Bonchev–Trinajstić information content (AvgIpc) is 2.49. The number of carbonyl (C=O) groups is 2. The molecule has 1 aromatic carbocycles. The number of amides is 2. The normalized spacial score (nSPS) is 10.0. The maximum absolute atomic E-state index is 12.2. The van der Waals surface area contributed by atoms with Crippen LogP contribution in [-0.4, -0.2) is 23.8 Å². The van der Waals surface area contributed by atoms with E-state index in [1.165, 1.54) is 18.5 Å². The van der Waals surface area contributed by atoms with Crippen LogP contribution in [0.2, 0.25) is 5.02 Å². The van der Waals surface area contributed by atoms with Crippen molar-refractivity contribution in [1.82, 2.24) is 10.3 Å². The summed E-state index contributed by atoms with van der Waals surface area (Å²) in [6.45, 7) is 1.77. The standard InChI is InChI=1S/C15H14ClN3O2/c1-9-10(14(20)17-2)4-3-5-13(9)19-15(21)11-6-7-18-8-12(11)16/h3-8H,1-2H3,(H,17,20)(H,19,21). The summed E-state index contributed by atoms with van der Waals surface area (Å²) in [5, 5.41) is 5.59. The molecule has 108 valence electrons. The highest BCUT2D eigenvalue weighted by atomic mass is 35.5. The highest BCUT2D eigenvalue weighted by molar-refractivity contribution is 6.34. The van der Waals surface area contributed by atoms with Crippen LogP contribution in [0, 0.1) is 6.92 Å². The monoisotopic (exact) mass is 303 g/mol. The van der Waals surface area contributed by atoms with Crippen molar-refractivity contribution in [3.8, 4) is 0 Å². The summed E-state index contributed by atoms with van der Waals surface area (Å²) < 4.78 is 0. The summed E-state index contributed by atoms with van der Waals surface area (Å²) in [6, 6.07) is 6.68. The van der Waals surface area contributed by atoms with Gasteiger partial charge in [-0.15, -0.1) is 0 Å². The van der Waals surface area contributed by atoms with E-state index in [9.17, 15) is 9.59 Å². The fourth-order valence-corrected chi connectivity index (χ4v) is 2.11. The van der Waals surface area contributed by atoms with Gasteiger partial charge in [0, 0.05) is 30.7 Å². The Labute approximate surface area is 127 Å². The summed E-state index contributed by atoms with van der Waals surface area (Å²) in [7, 11) is 1.56. The van der Waals surface area contributed by atoms with Gasteiger partial charge in [0.1, 0.15) is 0 Å². The van der Waals surface area contributed by atoms with Crippen LogP contribution in [-0.2, 0) is 0 Å². The Kier molecular flexibility index (Phi) is 4.55. The van der Waals surface area contributed by atoms with E-state index in [4.69, 9.17) is 11.6 Å². The second kappa shape index (κ2) is 6.37. The quantitative estimate of drug-likeness (QED) is 0.915. The number of carbonyl (C=O) groups excluding carboxylic acids is 2. The zero-order chi connectivity index (χ0) is 15.4. The van der Waals surface area contributed by atoms with Gasteiger partial charge in [0.15, 0.2) is 0 Å². The molecule has 0 aliphatic carbocycles. The van der Waals surface area contributed by atoms with Gasteiger partial charge in [-0.2, -0.15) is 0 Å². The molecule has 2 rings (SSSR count).